The summed E-state index contributed by atoms with van der Waals surface area (Å²) in [6, 6.07) is 9.41. The fourth-order valence-corrected chi connectivity index (χ4v) is 5.43. The second-order valence-electron chi connectivity index (χ2n) is 9.22. The highest BCUT2D eigenvalue weighted by Gasteiger charge is 2.32. The standard InChI is InChI=1S/C26H33ClFN3O5S/c1-18(26(33)29-21-10-5-4-6-11-21)30(16-19-9-7-8-12-22(19)28)25(32)17-31(37(3,34)35)23-15-20(27)13-14-24(23)36-2/h7-9,12-15,18,21H,4-6,10-11,16-17H2,1-3H3,(H,29,33)/t18-/m1/s1. The van der Waals surface area contributed by atoms with Crippen LogP contribution in [0.15, 0.2) is 42.5 Å². The lowest BCUT2D eigenvalue weighted by Gasteiger charge is -2.33. The number of halogens is 2. The van der Waals surface area contributed by atoms with Gasteiger partial charge in [-0.15, -0.1) is 0 Å². The fraction of sp³-hybridized carbons (Fsp3) is 0.462. The van der Waals surface area contributed by atoms with Crippen LogP contribution in [0.3, 0.4) is 0 Å². The number of rotatable bonds is 10. The molecule has 0 unspecified atom stereocenters. The van der Waals surface area contributed by atoms with Crippen molar-refractivity contribution in [3.05, 3.63) is 58.9 Å². The molecule has 1 aliphatic carbocycles. The van der Waals surface area contributed by atoms with Crippen molar-refractivity contribution >= 4 is 39.1 Å². The van der Waals surface area contributed by atoms with Gasteiger partial charge in [0.05, 0.1) is 19.1 Å². The van der Waals surface area contributed by atoms with Gasteiger partial charge in [-0.05, 0) is 44.0 Å². The van der Waals surface area contributed by atoms with Crippen LogP contribution < -0.4 is 14.4 Å². The van der Waals surface area contributed by atoms with E-state index in [4.69, 9.17) is 16.3 Å². The van der Waals surface area contributed by atoms with Crippen LogP contribution in [0.4, 0.5) is 10.1 Å². The number of nitrogens with zero attached hydrogens (tertiary/aromatic N) is 2. The summed E-state index contributed by atoms with van der Waals surface area (Å²) in [5.74, 6) is -1.38. The summed E-state index contributed by atoms with van der Waals surface area (Å²) < 4.78 is 46.2. The molecule has 0 bridgehead atoms. The van der Waals surface area contributed by atoms with E-state index in [-0.39, 0.29) is 40.5 Å². The minimum absolute atomic E-state index is 0.0114. The Morgan fingerprint density at radius 2 is 1.84 bits per heavy atom. The third kappa shape index (κ3) is 7.58. The largest absolute Gasteiger partial charge is 0.495 e. The average molecular weight is 554 g/mol. The van der Waals surface area contributed by atoms with Crippen LogP contribution in [0, 0.1) is 5.82 Å². The number of nitrogens with one attached hydrogen (secondary N) is 1. The van der Waals surface area contributed by atoms with Crippen LogP contribution >= 0.6 is 11.6 Å². The maximum absolute atomic E-state index is 14.5. The van der Waals surface area contributed by atoms with Gasteiger partial charge in [-0.3, -0.25) is 13.9 Å². The minimum atomic E-state index is -3.97. The van der Waals surface area contributed by atoms with Gasteiger partial charge in [-0.25, -0.2) is 12.8 Å². The predicted octanol–water partition coefficient (Wildman–Crippen LogP) is 4.12. The van der Waals surface area contributed by atoms with E-state index in [0.717, 1.165) is 42.7 Å². The molecule has 1 fully saturated rings. The Hall–Kier alpha value is -2.85. The number of benzene rings is 2. The number of amides is 2. The molecule has 2 aromatic carbocycles. The molecule has 0 aliphatic heterocycles. The van der Waals surface area contributed by atoms with E-state index in [0.29, 0.717) is 0 Å². The third-order valence-corrected chi connectivity index (χ3v) is 7.87. The molecule has 0 saturated heterocycles. The topological polar surface area (TPSA) is 96.0 Å². The van der Waals surface area contributed by atoms with E-state index in [1.54, 1.807) is 13.0 Å². The van der Waals surface area contributed by atoms with Crippen LogP contribution in [-0.2, 0) is 26.2 Å². The number of carbonyl (C=O) groups is 2. The van der Waals surface area contributed by atoms with E-state index in [1.165, 1.54) is 48.4 Å². The van der Waals surface area contributed by atoms with E-state index in [9.17, 15) is 22.4 Å². The summed E-state index contributed by atoms with van der Waals surface area (Å²) in [4.78, 5) is 28.0. The smallest absolute Gasteiger partial charge is 0.244 e. The molecule has 0 spiro atoms. The Morgan fingerprint density at radius 1 is 1.16 bits per heavy atom. The molecule has 2 aromatic rings. The Kier molecular flexibility index (Phi) is 9.78. The monoisotopic (exact) mass is 553 g/mol. The molecule has 1 atom stereocenters. The number of carbonyl (C=O) groups excluding carboxylic acids is 2. The summed E-state index contributed by atoms with van der Waals surface area (Å²) in [5.41, 5.74) is 0.287. The number of anilines is 1. The molecule has 1 aliphatic rings. The van der Waals surface area contributed by atoms with Crippen LogP contribution in [-0.4, -0.2) is 57.1 Å². The predicted molar refractivity (Wildman–Crippen MR) is 142 cm³/mol. The normalized spacial score (nSPS) is 15.1. The first-order chi connectivity index (χ1) is 17.5. The summed E-state index contributed by atoms with van der Waals surface area (Å²) in [6.45, 7) is 0.710. The van der Waals surface area contributed by atoms with Gasteiger partial charge in [0.15, 0.2) is 0 Å². The zero-order valence-corrected chi connectivity index (χ0v) is 22.8. The number of sulfonamides is 1. The van der Waals surface area contributed by atoms with E-state index < -0.39 is 34.3 Å². The van der Waals surface area contributed by atoms with Gasteiger partial charge in [-0.1, -0.05) is 49.1 Å². The first kappa shape index (κ1) is 28.7. The van der Waals surface area contributed by atoms with Crippen molar-refractivity contribution in [3.63, 3.8) is 0 Å². The highest BCUT2D eigenvalue weighted by atomic mass is 35.5. The molecule has 8 nitrogen and oxygen atoms in total. The van der Waals surface area contributed by atoms with Crippen molar-refractivity contribution in [1.29, 1.82) is 0 Å². The molecule has 11 heteroatoms. The van der Waals surface area contributed by atoms with Crippen LogP contribution in [0.1, 0.15) is 44.6 Å². The van der Waals surface area contributed by atoms with Crippen LogP contribution in [0.25, 0.3) is 0 Å². The zero-order valence-electron chi connectivity index (χ0n) is 21.2. The van der Waals surface area contributed by atoms with Crippen LogP contribution in [0.5, 0.6) is 5.75 Å². The Balaban J connectivity index is 1.93. The lowest BCUT2D eigenvalue weighted by Crippen LogP contribution is -2.53. The highest BCUT2D eigenvalue weighted by molar-refractivity contribution is 7.92. The Bertz CT molecular complexity index is 1220. The quantitative estimate of drug-likeness (QED) is 0.477. The molecule has 1 N–H and O–H groups in total. The van der Waals surface area contributed by atoms with E-state index in [2.05, 4.69) is 5.32 Å². The summed E-state index contributed by atoms with van der Waals surface area (Å²) in [6.07, 6.45) is 5.82. The highest BCUT2D eigenvalue weighted by Crippen LogP contribution is 2.33. The molecule has 0 radical (unpaired) electrons. The van der Waals surface area contributed by atoms with Gasteiger partial charge >= 0.3 is 0 Å². The molecule has 3 rings (SSSR count). The third-order valence-electron chi connectivity index (χ3n) is 6.51. The minimum Gasteiger partial charge on any atom is -0.495 e. The SMILES string of the molecule is COc1ccc(Cl)cc1N(CC(=O)N(Cc1ccccc1F)[C@H](C)C(=O)NC1CCCCC1)S(C)(=O)=O. The number of methoxy groups -OCH3 is 1. The van der Waals surface area contributed by atoms with Gasteiger partial charge in [0.2, 0.25) is 21.8 Å². The van der Waals surface area contributed by atoms with Crippen molar-refractivity contribution < 1.29 is 27.1 Å². The first-order valence-corrected chi connectivity index (χ1v) is 14.4. The fourth-order valence-electron chi connectivity index (χ4n) is 4.41. The lowest BCUT2D eigenvalue weighted by atomic mass is 9.95. The number of hydrogen-bond acceptors (Lipinski definition) is 5. The molecule has 0 heterocycles. The van der Waals surface area contributed by atoms with Crippen molar-refractivity contribution in [2.24, 2.45) is 0 Å². The second kappa shape index (κ2) is 12.6. The van der Waals surface area contributed by atoms with Crippen LogP contribution in [0.2, 0.25) is 5.02 Å². The van der Waals surface area contributed by atoms with Gasteiger partial charge in [0.1, 0.15) is 24.2 Å². The number of ether oxygens (including phenoxy) is 1. The van der Waals surface area contributed by atoms with Gasteiger partial charge < -0.3 is 15.0 Å². The van der Waals surface area contributed by atoms with Crippen molar-refractivity contribution in [3.8, 4) is 5.75 Å². The maximum Gasteiger partial charge on any atom is 0.244 e. The molecule has 2 amide bonds. The van der Waals surface area contributed by atoms with Gasteiger partial charge in [-0.2, -0.15) is 0 Å². The Morgan fingerprint density at radius 3 is 2.46 bits per heavy atom. The lowest BCUT2D eigenvalue weighted by molar-refractivity contribution is -0.139. The van der Waals surface area contributed by atoms with Crippen molar-refractivity contribution in [2.45, 2.75) is 57.7 Å². The summed E-state index contributed by atoms with van der Waals surface area (Å²) in [5, 5.41) is 3.25. The summed E-state index contributed by atoms with van der Waals surface area (Å²) >= 11 is 6.11. The first-order valence-electron chi connectivity index (χ1n) is 12.2. The molecule has 37 heavy (non-hydrogen) atoms. The maximum atomic E-state index is 14.5. The van der Waals surface area contributed by atoms with E-state index in [1.807, 2.05) is 0 Å². The molecule has 1 saturated carbocycles. The second-order valence-corrected chi connectivity index (χ2v) is 11.6. The molecule has 202 valence electrons. The van der Waals surface area contributed by atoms with Gasteiger partial charge in [0.25, 0.3) is 0 Å². The summed E-state index contributed by atoms with van der Waals surface area (Å²) in [7, 11) is -2.60. The average Bonchev–Trinajstić information content (AvgIpc) is 2.86. The van der Waals surface area contributed by atoms with Crippen molar-refractivity contribution in [2.75, 3.05) is 24.2 Å². The van der Waals surface area contributed by atoms with Gasteiger partial charge in [0, 0.05) is 23.2 Å². The molecular weight excluding hydrogens is 521 g/mol. The van der Waals surface area contributed by atoms with E-state index >= 15 is 0 Å². The molecular formula is C26H33ClFN3O5S. The molecule has 0 aromatic heterocycles. The number of hydrogen-bond donors (Lipinski definition) is 1. The van der Waals surface area contributed by atoms with Crippen molar-refractivity contribution in [1.82, 2.24) is 10.2 Å². The Labute approximate surface area is 222 Å². The zero-order chi connectivity index (χ0) is 27.2.